The number of hydrazine groups is 1. The molecule has 0 aromatic rings. The summed E-state index contributed by atoms with van der Waals surface area (Å²) in [5.74, 6) is 0. The van der Waals surface area contributed by atoms with Gasteiger partial charge in [0.15, 0.2) is 6.35 Å². The molecule has 23 heavy (non-hydrogen) atoms. The summed E-state index contributed by atoms with van der Waals surface area (Å²) in [6, 6.07) is 0.103. The molecule has 1 aliphatic carbocycles. The highest BCUT2D eigenvalue weighted by Gasteiger charge is 2.49. The average Bonchev–Trinajstić information content (AvgIpc) is 3.23. The maximum Gasteiger partial charge on any atom is 0.335 e. The highest BCUT2D eigenvalue weighted by Crippen LogP contribution is 2.35. The lowest BCUT2D eigenvalue weighted by atomic mass is 10.2. The van der Waals surface area contributed by atoms with Crippen molar-refractivity contribution in [2.24, 2.45) is 0 Å². The maximum absolute atomic E-state index is 13.0. The van der Waals surface area contributed by atoms with Gasteiger partial charge in [0, 0.05) is 26.2 Å². The van der Waals surface area contributed by atoms with Gasteiger partial charge in [-0.05, 0) is 6.42 Å². The molecule has 2 bridgehead atoms. The number of carbonyl (C=O) groups excluding carboxylic acids is 1. The van der Waals surface area contributed by atoms with Crippen LogP contribution in [-0.2, 0) is 9.47 Å². The molecule has 3 unspecified atom stereocenters. The lowest BCUT2D eigenvalue weighted by Gasteiger charge is -2.45. The van der Waals surface area contributed by atoms with Crippen LogP contribution in [0.2, 0.25) is 0 Å². The summed E-state index contributed by atoms with van der Waals surface area (Å²) in [6.45, 7) is 4.97. The van der Waals surface area contributed by atoms with Crippen molar-refractivity contribution in [2.45, 2.75) is 24.9 Å². The number of morpholine rings is 2. The van der Waals surface area contributed by atoms with E-state index in [1.165, 1.54) is 0 Å². The van der Waals surface area contributed by atoms with Gasteiger partial charge < -0.3 is 19.5 Å². The van der Waals surface area contributed by atoms with E-state index < -0.39 is 6.35 Å². The van der Waals surface area contributed by atoms with Gasteiger partial charge in [0.2, 0.25) is 0 Å². The van der Waals surface area contributed by atoms with E-state index in [1.807, 2.05) is 14.8 Å². The Kier molecular flexibility index (Phi) is 4.25. The number of amides is 2. The van der Waals surface area contributed by atoms with Crippen LogP contribution in [0.4, 0.5) is 4.79 Å². The third-order valence-corrected chi connectivity index (χ3v) is 5.03. The van der Waals surface area contributed by atoms with Crippen molar-refractivity contribution in [3.63, 3.8) is 0 Å². The van der Waals surface area contributed by atoms with E-state index in [1.54, 1.807) is 5.01 Å². The highest BCUT2D eigenvalue weighted by atomic mass is 16.5. The number of urea groups is 1. The lowest BCUT2D eigenvalue weighted by Crippen LogP contribution is -2.63. The zero-order chi connectivity index (χ0) is 15.8. The molecule has 2 amide bonds. The van der Waals surface area contributed by atoms with Gasteiger partial charge in [-0.1, -0.05) is 12.2 Å². The average molecular weight is 324 g/mol. The molecule has 128 valence electrons. The van der Waals surface area contributed by atoms with Gasteiger partial charge in [0.05, 0.1) is 38.5 Å². The number of hydrogen-bond donors (Lipinski definition) is 1. The van der Waals surface area contributed by atoms with Crippen LogP contribution in [0.1, 0.15) is 6.42 Å². The number of aliphatic hydroxyl groups is 1. The van der Waals surface area contributed by atoms with Gasteiger partial charge in [-0.15, -0.1) is 0 Å². The van der Waals surface area contributed by atoms with Crippen molar-refractivity contribution < 1.29 is 19.4 Å². The summed E-state index contributed by atoms with van der Waals surface area (Å²) in [5, 5.41) is 14.4. The smallest absolute Gasteiger partial charge is 0.335 e. The first-order valence-corrected chi connectivity index (χ1v) is 8.38. The summed E-state index contributed by atoms with van der Waals surface area (Å²) in [7, 11) is 0. The SMILES string of the molecule is O=C(N1CCOCC1)N1C2C=CC(C2)N1C(O)N1CCOCC1. The van der Waals surface area contributed by atoms with Crippen LogP contribution in [0.5, 0.6) is 0 Å². The molecule has 3 aliphatic heterocycles. The Labute approximate surface area is 135 Å². The highest BCUT2D eigenvalue weighted by molar-refractivity contribution is 5.75. The van der Waals surface area contributed by atoms with E-state index in [2.05, 4.69) is 12.2 Å². The van der Waals surface area contributed by atoms with Crippen molar-refractivity contribution in [2.75, 3.05) is 52.6 Å². The number of nitrogens with zero attached hydrogens (tertiary/aromatic N) is 4. The zero-order valence-corrected chi connectivity index (χ0v) is 13.2. The van der Waals surface area contributed by atoms with E-state index in [0.29, 0.717) is 52.6 Å². The Morgan fingerprint density at radius 1 is 1.00 bits per heavy atom. The molecule has 0 radical (unpaired) electrons. The molecule has 3 heterocycles. The summed E-state index contributed by atoms with van der Waals surface area (Å²) in [6.07, 6.45) is 4.24. The third kappa shape index (κ3) is 2.74. The summed E-state index contributed by atoms with van der Waals surface area (Å²) < 4.78 is 10.7. The van der Waals surface area contributed by atoms with Crippen molar-refractivity contribution in [3.8, 4) is 0 Å². The largest absolute Gasteiger partial charge is 0.379 e. The molecule has 0 spiro atoms. The van der Waals surface area contributed by atoms with Crippen molar-refractivity contribution in [1.82, 2.24) is 19.8 Å². The minimum Gasteiger partial charge on any atom is -0.379 e. The predicted octanol–water partition coefficient (Wildman–Crippen LogP) is -0.724. The standard InChI is InChI=1S/C15H24N4O4/c20-14(16-3-7-22-8-4-16)18-12-1-2-13(11-12)19(18)15(21)17-5-9-23-10-6-17/h1-2,12-14,20H,3-11H2. The van der Waals surface area contributed by atoms with Crippen molar-refractivity contribution in [1.29, 1.82) is 0 Å². The Balaban J connectivity index is 1.51. The summed E-state index contributed by atoms with van der Waals surface area (Å²) in [4.78, 5) is 16.7. The van der Waals surface area contributed by atoms with E-state index in [-0.39, 0.29) is 18.1 Å². The molecule has 0 saturated carbocycles. The number of carbonyl (C=O) groups is 1. The summed E-state index contributed by atoms with van der Waals surface area (Å²) in [5.41, 5.74) is 0. The van der Waals surface area contributed by atoms with E-state index in [4.69, 9.17) is 9.47 Å². The lowest BCUT2D eigenvalue weighted by molar-refractivity contribution is -0.200. The molecule has 8 nitrogen and oxygen atoms in total. The zero-order valence-electron chi connectivity index (χ0n) is 13.2. The number of fused-ring (bicyclic) bond motifs is 2. The van der Waals surface area contributed by atoms with Gasteiger partial charge in [0.1, 0.15) is 0 Å². The van der Waals surface area contributed by atoms with Gasteiger partial charge in [0.25, 0.3) is 0 Å². The fourth-order valence-electron chi connectivity index (χ4n) is 3.77. The topological polar surface area (TPSA) is 68.7 Å². The van der Waals surface area contributed by atoms with Crippen LogP contribution in [0.3, 0.4) is 0 Å². The molecular weight excluding hydrogens is 300 g/mol. The van der Waals surface area contributed by atoms with Crippen LogP contribution in [0.15, 0.2) is 12.2 Å². The quantitative estimate of drug-likeness (QED) is 0.676. The Morgan fingerprint density at radius 2 is 1.61 bits per heavy atom. The second kappa shape index (κ2) is 6.37. The molecule has 0 aromatic heterocycles. The first-order valence-electron chi connectivity index (χ1n) is 8.38. The van der Waals surface area contributed by atoms with Crippen LogP contribution in [0.25, 0.3) is 0 Å². The number of rotatable bonds is 2. The number of ether oxygens (including phenoxy) is 2. The summed E-state index contributed by atoms with van der Waals surface area (Å²) >= 11 is 0. The van der Waals surface area contributed by atoms with Crippen molar-refractivity contribution in [3.05, 3.63) is 12.2 Å². The third-order valence-electron chi connectivity index (χ3n) is 5.03. The molecule has 3 atom stereocenters. The van der Waals surface area contributed by atoms with E-state index >= 15 is 0 Å². The van der Waals surface area contributed by atoms with Gasteiger partial charge in [-0.3, -0.25) is 4.90 Å². The van der Waals surface area contributed by atoms with Crippen molar-refractivity contribution >= 4 is 6.03 Å². The molecule has 4 aliphatic rings. The molecule has 8 heteroatoms. The molecular formula is C15H24N4O4. The first kappa shape index (κ1) is 15.3. The molecule has 4 rings (SSSR count). The van der Waals surface area contributed by atoms with Crippen LogP contribution < -0.4 is 0 Å². The molecule has 1 N–H and O–H groups in total. The Hall–Kier alpha value is -1.19. The Bertz CT molecular complexity index is 476. The second-order valence-corrected chi connectivity index (χ2v) is 6.36. The minimum atomic E-state index is -0.788. The van der Waals surface area contributed by atoms with Crippen LogP contribution in [0, 0.1) is 0 Å². The van der Waals surface area contributed by atoms with Gasteiger partial charge in [-0.25, -0.2) is 9.80 Å². The molecule has 0 aromatic carbocycles. The Morgan fingerprint density at radius 3 is 2.30 bits per heavy atom. The number of hydrogen-bond acceptors (Lipinski definition) is 6. The maximum atomic E-state index is 13.0. The van der Waals surface area contributed by atoms with Crippen LogP contribution in [-0.4, -0.2) is 102 Å². The van der Waals surface area contributed by atoms with E-state index in [9.17, 15) is 9.90 Å². The van der Waals surface area contributed by atoms with Crippen LogP contribution >= 0.6 is 0 Å². The fourth-order valence-corrected chi connectivity index (χ4v) is 3.77. The van der Waals surface area contributed by atoms with E-state index in [0.717, 1.165) is 6.42 Å². The fraction of sp³-hybridized carbons (Fsp3) is 0.800. The molecule has 3 saturated heterocycles. The van der Waals surface area contributed by atoms with Gasteiger partial charge in [-0.2, -0.15) is 5.01 Å². The normalized spacial score (nSPS) is 33.4. The second-order valence-electron chi connectivity index (χ2n) is 6.36. The minimum absolute atomic E-state index is 0.0301. The molecule has 3 fully saturated rings. The first-order chi connectivity index (χ1) is 11.3. The monoisotopic (exact) mass is 324 g/mol. The predicted molar refractivity (Wildman–Crippen MR) is 81.2 cm³/mol. The number of aliphatic hydroxyl groups excluding tert-OH is 1. The van der Waals surface area contributed by atoms with Gasteiger partial charge >= 0.3 is 6.03 Å².